The summed E-state index contributed by atoms with van der Waals surface area (Å²) >= 11 is 0. The zero-order chi connectivity index (χ0) is 24.2. The van der Waals surface area contributed by atoms with Crippen LogP contribution >= 0.6 is 0 Å². The summed E-state index contributed by atoms with van der Waals surface area (Å²) in [5, 5.41) is 3.73. The SMILES string of the molecule is O=C(Nc1ccc(OCc2ccccc2)cc1)[C@H]1CC(=O)N(CCc2c[nH]c3ccc(F)cc23)C1. The van der Waals surface area contributed by atoms with Crippen LogP contribution in [0.1, 0.15) is 17.5 Å². The second-order valence-electron chi connectivity index (χ2n) is 8.78. The van der Waals surface area contributed by atoms with Gasteiger partial charge in [0.05, 0.1) is 5.92 Å². The number of anilines is 1. The molecule has 2 heterocycles. The predicted molar refractivity (Wildman–Crippen MR) is 132 cm³/mol. The van der Waals surface area contributed by atoms with E-state index in [0.717, 1.165) is 22.0 Å². The highest BCUT2D eigenvalue weighted by molar-refractivity contribution is 5.97. The Morgan fingerprint density at radius 1 is 1.09 bits per heavy atom. The molecule has 2 amide bonds. The van der Waals surface area contributed by atoms with Gasteiger partial charge in [0.2, 0.25) is 11.8 Å². The molecule has 0 bridgehead atoms. The Balaban J connectivity index is 1.13. The smallest absolute Gasteiger partial charge is 0.229 e. The van der Waals surface area contributed by atoms with Crippen molar-refractivity contribution in [3.8, 4) is 5.75 Å². The van der Waals surface area contributed by atoms with Gasteiger partial charge in [0, 0.05) is 42.3 Å². The molecule has 5 rings (SSSR count). The molecule has 0 aliphatic carbocycles. The van der Waals surface area contributed by atoms with Gasteiger partial charge in [-0.1, -0.05) is 30.3 Å². The van der Waals surface area contributed by atoms with Crippen molar-refractivity contribution >= 4 is 28.4 Å². The van der Waals surface area contributed by atoms with Crippen LogP contribution in [0.5, 0.6) is 5.75 Å². The van der Waals surface area contributed by atoms with Crippen LogP contribution in [0.15, 0.2) is 79.0 Å². The number of amides is 2. The maximum atomic E-state index is 13.6. The topological polar surface area (TPSA) is 74.4 Å². The summed E-state index contributed by atoms with van der Waals surface area (Å²) in [7, 11) is 0. The number of carbonyl (C=O) groups is 2. The fourth-order valence-corrected chi connectivity index (χ4v) is 4.40. The molecule has 1 atom stereocenters. The fourth-order valence-electron chi connectivity index (χ4n) is 4.40. The second kappa shape index (κ2) is 10.0. The van der Waals surface area contributed by atoms with Gasteiger partial charge in [-0.25, -0.2) is 4.39 Å². The zero-order valence-corrected chi connectivity index (χ0v) is 19.2. The molecule has 1 saturated heterocycles. The number of hydrogen-bond donors (Lipinski definition) is 2. The van der Waals surface area contributed by atoms with E-state index < -0.39 is 5.92 Å². The number of aromatic amines is 1. The van der Waals surface area contributed by atoms with Gasteiger partial charge in [0.1, 0.15) is 18.2 Å². The number of carbonyl (C=O) groups excluding carboxylic acids is 2. The third-order valence-corrected chi connectivity index (χ3v) is 6.34. The van der Waals surface area contributed by atoms with Crippen molar-refractivity contribution in [1.29, 1.82) is 0 Å². The van der Waals surface area contributed by atoms with Gasteiger partial charge in [-0.3, -0.25) is 9.59 Å². The molecule has 1 fully saturated rings. The van der Waals surface area contributed by atoms with Crippen molar-refractivity contribution in [3.05, 3.63) is 95.9 Å². The number of likely N-dealkylation sites (tertiary alicyclic amines) is 1. The summed E-state index contributed by atoms with van der Waals surface area (Å²) in [5.41, 5.74) is 3.56. The highest BCUT2D eigenvalue weighted by Gasteiger charge is 2.34. The summed E-state index contributed by atoms with van der Waals surface area (Å²) in [5.74, 6) is -0.194. The number of fused-ring (bicyclic) bond motifs is 1. The van der Waals surface area contributed by atoms with Crippen LogP contribution in [0.3, 0.4) is 0 Å². The van der Waals surface area contributed by atoms with Crippen LogP contribution in [0, 0.1) is 11.7 Å². The molecule has 1 aliphatic heterocycles. The van der Waals surface area contributed by atoms with Crippen molar-refractivity contribution < 1.29 is 18.7 Å². The van der Waals surface area contributed by atoms with Gasteiger partial charge >= 0.3 is 0 Å². The molecule has 178 valence electrons. The molecule has 0 radical (unpaired) electrons. The molecular formula is C28H26FN3O3. The largest absolute Gasteiger partial charge is 0.489 e. The molecule has 4 aromatic rings. The minimum Gasteiger partial charge on any atom is -0.489 e. The molecule has 35 heavy (non-hydrogen) atoms. The fraction of sp³-hybridized carbons (Fsp3) is 0.214. The lowest BCUT2D eigenvalue weighted by atomic mass is 10.1. The third-order valence-electron chi connectivity index (χ3n) is 6.34. The summed E-state index contributed by atoms with van der Waals surface area (Å²) in [4.78, 5) is 30.1. The second-order valence-corrected chi connectivity index (χ2v) is 8.78. The molecule has 1 aliphatic rings. The van der Waals surface area contributed by atoms with Gasteiger partial charge in [-0.05, 0) is 60.0 Å². The Hall–Kier alpha value is -4.13. The first-order chi connectivity index (χ1) is 17.0. The van der Waals surface area contributed by atoms with E-state index in [-0.39, 0.29) is 24.1 Å². The molecule has 7 heteroatoms. The lowest BCUT2D eigenvalue weighted by Crippen LogP contribution is -2.30. The number of ether oxygens (including phenoxy) is 1. The lowest BCUT2D eigenvalue weighted by molar-refractivity contribution is -0.128. The van der Waals surface area contributed by atoms with Crippen LogP contribution in [-0.4, -0.2) is 34.8 Å². The molecule has 6 nitrogen and oxygen atoms in total. The molecule has 0 spiro atoms. The molecular weight excluding hydrogens is 445 g/mol. The van der Waals surface area contributed by atoms with E-state index >= 15 is 0 Å². The Morgan fingerprint density at radius 2 is 1.89 bits per heavy atom. The molecule has 2 N–H and O–H groups in total. The quantitative estimate of drug-likeness (QED) is 0.383. The standard InChI is InChI=1S/C28H26FN3O3/c29-22-6-11-26-25(15-22)20(16-30-26)12-13-32-17-21(14-27(32)33)28(34)31-23-7-9-24(10-8-23)35-18-19-4-2-1-3-5-19/h1-11,15-16,21,30H,12-14,17-18H2,(H,31,34)/t21-/m0/s1. The van der Waals surface area contributed by atoms with E-state index in [1.807, 2.05) is 48.7 Å². The Labute approximate surface area is 202 Å². The predicted octanol–water partition coefficient (Wildman–Crippen LogP) is 4.92. The average Bonchev–Trinajstić information content (AvgIpc) is 3.45. The van der Waals surface area contributed by atoms with Crippen molar-refractivity contribution in [3.63, 3.8) is 0 Å². The molecule has 0 saturated carbocycles. The average molecular weight is 472 g/mol. The number of aromatic nitrogens is 1. The summed E-state index contributed by atoms with van der Waals surface area (Å²) in [6.45, 7) is 1.33. The highest BCUT2D eigenvalue weighted by atomic mass is 19.1. The Bertz CT molecular complexity index is 1330. The minimum absolute atomic E-state index is 0.0409. The number of benzene rings is 3. The van der Waals surface area contributed by atoms with Crippen molar-refractivity contribution in [2.75, 3.05) is 18.4 Å². The van der Waals surface area contributed by atoms with Crippen LogP contribution < -0.4 is 10.1 Å². The van der Waals surface area contributed by atoms with Gasteiger partial charge < -0.3 is 19.9 Å². The molecule has 1 aromatic heterocycles. The minimum atomic E-state index is -0.406. The number of hydrogen-bond acceptors (Lipinski definition) is 3. The maximum Gasteiger partial charge on any atom is 0.229 e. The van der Waals surface area contributed by atoms with Gasteiger partial charge in [-0.15, -0.1) is 0 Å². The number of rotatable bonds is 8. The van der Waals surface area contributed by atoms with Gasteiger partial charge in [0.15, 0.2) is 0 Å². The van der Waals surface area contributed by atoms with E-state index in [9.17, 15) is 14.0 Å². The zero-order valence-electron chi connectivity index (χ0n) is 19.2. The third kappa shape index (κ3) is 5.35. The Kier molecular flexibility index (Phi) is 6.48. The van der Waals surface area contributed by atoms with E-state index in [1.54, 1.807) is 23.1 Å². The molecule has 3 aromatic carbocycles. The monoisotopic (exact) mass is 471 g/mol. The van der Waals surface area contributed by atoms with Crippen LogP contribution in [0.4, 0.5) is 10.1 Å². The number of H-pyrrole nitrogens is 1. The van der Waals surface area contributed by atoms with Crippen LogP contribution in [0.25, 0.3) is 10.9 Å². The van der Waals surface area contributed by atoms with Crippen molar-refractivity contribution in [2.45, 2.75) is 19.4 Å². The lowest BCUT2D eigenvalue weighted by Gasteiger charge is -2.16. The number of halogens is 1. The Morgan fingerprint density at radius 3 is 2.69 bits per heavy atom. The van der Waals surface area contributed by atoms with Crippen LogP contribution in [0.2, 0.25) is 0 Å². The normalized spacial score (nSPS) is 15.5. The summed E-state index contributed by atoms with van der Waals surface area (Å²) < 4.78 is 19.4. The highest BCUT2D eigenvalue weighted by Crippen LogP contribution is 2.24. The first-order valence-corrected chi connectivity index (χ1v) is 11.7. The van der Waals surface area contributed by atoms with E-state index in [0.29, 0.717) is 37.6 Å². The summed E-state index contributed by atoms with van der Waals surface area (Å²) in [6, 6.07) is 21.7. The molecule has 0 unspecified atom stereocenters. The van der Waals surface area contributed by atoms with Crippen molar-refractivity contribution in [1.82, 2.24) is 9.88 Å². The van der Waals surface area contributed by atoms with Crippen molar-refractivity contribution in [2.24, 2.45) is 5.92 Å². The van der Waals surface area contributed by atoms with E-state index in [4.69, 9.17) is 4.74 Å². The maximum absolute atomic E-state index is 13.6. The van der Waals surface area contributed by atoms with E-state index in [1.165, 1.54) is 12.1 Å². The van der Waals surface area contributed by atoms with Gasteiger partial charge in [-0.2, -0.15) is 0 Å². The summed E-state index contributed by atoms with van der Waals surface area (Å²) in [6.07, 6.45) is 2.63. The van der Waals surface area contributed by atoms with Gasteiger partial charge in [0.25, 0.3) is 0 Å². The number of nitrogens with zero attached hydrogens (tertiary/aromatic N) is 1. The first kappa shape index (κ1) is 22.7. The van der Waals surface area contributed by atoms with Crippen LogP contribution in [-0.2, 0) is 22.6 Å². The van der Waals surface area contributed by atoms with E-state index in [2.05, 4.69) is 10.3 Å². The number of nitrogens with one attached hydrogen (secondary N) is 2. The first-order valence-electron chi connectivity index (χ1n) is 11.7.